The van der Waals surface area contributed by atoms with Crippen LogP contribution >= 0.6 is 0 Å². The first-order valence-electron chi connectivity index (χ1n) is 11.7. The molecule has 0 heterocycles. The summed E-state index contributed by atoms with van der Waals surface area (Å²) in [5, 5.41) is 3.02. The molecular formula is C27H36N2O2. The van der Waals surface area contributed by atoms with Crippen LogP contribution in [-0.4, -0.2) is 24.4 Å². The Morgan fingerprint density at radius 2 is 1.77 bits per heavy atom. The maximum Gasteiger partial charge on any atom is 0.251 e. The Balaban J connectivity index is 1.77. The van der Waals surface area contributed by atoms with Crippen molar-refractivity contribution in [1.29, 1.82) is 0 Å². The lowest BCUT2D eigenvalue weighted by molar-refractivity contribution is -0.117. The Morgan fingerprint density at radius 1 is 1.03 bits per heavy atom. The average molecular weight is 421 g/mol. The lowest BCUT2D eigenvalue weighted by Crippen LogP contribution is -2.37. The second-order valence-electron chi connectivity index (χ2n) is 8.87. The van der Waals surface area contributed by atoms with Crippen LogP contribution in [0.3, 0.4) is 0 Å². The fraction of sp³-hybridized carbons (Fsp3) is 0.481. The van der Waals surface area contributed by atoms with Gasteiger partial charge in [0.05, 0.1) is 0 Å². The van der Waals surface area contributed by atoms with Gasteiger partial charge in [-0.25, -0.2) is 0 Å². The van der Waals surface area contributed by atoms with E-state index in [1.54, 1.807) is 6.92 Å². The van der Waals surface area contributed by atoms with E-state index in [0.29, 0.717) is 12.6 Å². The van der Waals surface area contributed by atoms with Gasteiger partial charge in [0.2, 0.25) is 5.91 Å². The van der Waals surface area contributed by atoms with Crippen molar-refractivity contribution in [1.82, 2.24) is 5.32 Å². The van der Waals surface area contributed by atoms with Crippen LogP contribution in [0, 0.1) is 13.8 Å². The van der Waals surface area contributed by atoms with Crippen LogP contribution in [0.5, 0.6) is 0 Å². The normalized spacial score (nSPS) is 13.9. The molecular weight excluding hydrogens is 384 g/mol. The van der Waals surface area contributed by atoms with Gasteiger partial charge in [-0.1, -0.05) is 44.4 Å². The van der Waals surface area contributed by atoms with Gasteiger partial charge in [-0.05, 0) is 80.0 Å². The molecule has 0 spiro atoms. The Morgan fingerprint density at radius 3 is 2.42 bits per heavy atom. The minimum absolute atomic E-state index is 0.00790. The van der Waals surface area contributed by atoms with Crippen LogP contribution in [-0.2, 0) is 11.2 Å². The van der Waals surface area contributed by atoms with Gasteiger partial charge in [-0.2, -0.15) is 0 Å². The highest BCUT2D eigenvalue weighted by Gasteiger charge is 2.26. The fourth-order valence-corrected chi connectivity index (χ4v) is 4.56. The van der Waals surface area contributed by atoms with Crippen molar-refractivity contribution >= 4 is 17.5 Å². The fourth-order valence-electron chi connectivity index (χ4n) is 4.56. The van der Waals surface area contributed by atoms with Gasteiger partial charge in [0.15, 0.2) is 0 Å². The van der Waals surface area contributed by atoms with Crippen molar-refractivity contribution in [2.24, 2.45) is 0 Å². The molecule has 2 aromatic rings. The molecule has 1 aliphatic carbocycles. The molecule has 0 bridgehead atoms. The maximum atomic E-state index is 12.6. The molecule has 31 heavy (non-hydrogen) atoms. The van der Waals surface area contributed by atoms with Crippen LogP contribution in [0.15, 0.2) is 36.4 Å². The van der Waals surface area contributed by atoms with Gasteiger partial charge in [-0.3, -0.25) is 9.59 Å². The van der Waals surface area contributed by atoms with Gasteiger partial charge >= 0.3 is 0 Å². The first kappa shape index (κ1) is 23.1. The lowest BCUT2D eigenvalue weighted by atomic mass is 9.96. The number of rotatable bonds is 8. The Bertz CT molecular complexity index is 929. The van der Waals surface area contributed by atoms with E-state index >= 15 is 0 Å². The zero-order chi connectivity index (χ0) is 22.4. The Labute approximate surface area is 187 Å². The first-order chi connectivity index (χ1) is 14.9. The molecule has 4 heteroatoms. The number of nitrogens with one attached hydrogen (secondary N) is 1. The van der Waals surface area contributed by atoms with Crippen LogP contribution in [0.25, 0.3) is 0 Å². The topological polar surface area (TPSA) is 49.4 Å². The van der Waals surface area contributed by atoms with Crippen LogP contribution in [0.4, 0.5) is 5.69 Å². The number of hydrogen-bond acceptors (Lipinski definition) is 2. The molecule has 4 nitrogen and oxygen atoms in total. The number of anilines is 1. The molecule has 1 saturated carbocycles. The third-order valence-corrected chi connectivity index (χ3v) is 6.39. The van der Waals surface area contributed by atoms with Gasteiger partial charge in [0.1, 0.15) is 0 Å². The van der Waals surface area contributed by atoms with Crippen molar-refractivity contribution in [2.45, 2.75) is 78.7 Å². The van der Waals surface area contributed by atoms with Crippen molar-refractivity contribution in [3.8, 4) is 0 Å². The molecule has 1 N–H and O–H groups in total. The second kappa shape index (κ2) is 10.6. The quantitative estimate of drug-likeness (QED) is 0.555. The smallest absolute Gasteiger partial charge is 0.251 e. The van der Waals surface area contributed by atoms with E-state index in [-0.39, 0.29) is 11.8 Å². The standard InChI is InChI=1S/C27H36N2O2/c1-5-6-15-28-27(31)26-18-22(12-11-19(26)2)17-23-13-14-25(16-20(23)3)29(21(4)30)24-9-7-8-10-24/h11-14,16,18,24H,5-10,15,17H2,1-4H3,(H,28,31). The van der Waals surface area contributed by atoms with E-state index in [2.05, 4.69) is 43.4 Å². The number of carbonyl (C=O) groups is 2. The molecule has 1 fully saturated rings. The highest BCUT2D eigenvalue weighted by Crippen LogP contribution is 2.30. The average Bonchev–Trinajstić information content (AvgIpc) is 3.25. The molecule has 0 radical (unpaired) electrons. The number of hydrogen-bond donors (Lipinski definition) is 1. The summed E-state index contributed by atoms with van der Waals surface area (Å²) in [6.45, 7) is 8.60. The second-order valence-corrected chi connectivity index (χ2v) is 8.87. The van der Waals surface area contributed by atoms with Crippen molar-refractivity contribution in [3.63, 3.8) is 0 Å². The SMILES string of the molecule is CCCCNC(=O)c1cc(Cc2ccc(N(C(C)=O)C3CCCC3)cc2C)ccc1C. The molecule has 0 unspecified atom stereocenters. The van der Waals surface area contributed by atoms with Crippen LogP contribution in [0.2, 0.25) is 0 Å². The summed E-state index contributed by atoms with van der Waals surface area (Å²) in [4.78, 5) is 26.9. The van der Waals surface area contributed by atoms with E-state index in [9.17, 15) is 9.59 Å². The molecule has 0 aromatic heterocycles. The lowest BCUT2D eigenvalue weighted by Gasteiger charge is -2.28. The van der Waals surface area contributed by atoms with Crippen molar-refractivity contribution in [2.75, 3.05) is 11.4 Å². The minimum atomic E-state index is 0.00790. The van der Waals surface area contributed by atoms with Crippen molar-refractivity contribution in [3.05, 3.63) is 64.2 Å². The van der Waals surface area contributed by atoms with E-state index in [4.69, 9.17) is 0 Å². The zero-order valence-electron chi connectivity index (χ0n) is 19.5. The summed E-state index contributed by atoms with van der Waals surface area (Å²) < 4.78 is 0. The molecule has 166 valence electrons. The van der Waals surface area contributed by atoms with E-state index in [1.165, 1.54) is 24.0 Å². The number of amides is 2. The third kappa shape index (κ3) is 5.75. The monoisotopic (exact) mass is 420 g/mol. The zero-order valence-corrected chi connectivity index (χ0v) is 19.5. The number of unbranched alkanes of at least 4 members (excludes halogenated alkanes) is 1. The van der Waals surface area contributed by atoms with E-state index in [1.807, 2.05) is 24.0 Å². The predicted molar refractivity (Wildman–Crippen MR) is 128 cm³/mol. The number of carbonyl (C=O) groups excluding carboxylic acids is 2. The molecule has 2 aromatic carbocycles. The third-order valence-electron chi connectivity index (χ3n) is 6.39. The number of aryl methyl sites for hydroxylation is 2. The summed E-state index contributed by atoms with van der Waals surface area (Å²) in [5.41, 5.74) is 6.28. The summed E-state index contributed by atoms with van der Waals surface area (Å²) in [6, 6.07) is 12.8. The summed E-state index contributed by atoms with van der Waals surface area (Å²) in [5.74, 6) is 0.129. The molecule has 0 atom stereocenters. The number of nitrogens with zero attached hydrogens (tertiary/aromatic N) is 1. The van der Waals surface area contributed by atoms with E-state index < -0.39 is 0 Å². The summed E-state index contributed by atoms with van der Waals surface area (Å²) in [6.07, 6.45) is 7.41. The van der Waals surface area contributed by atoms with Gasteiger partial charge < -0.3 is 10.2 Å². The number of benzene rings is 2. The van der Waals surface area contributed by atoms with Gasteiger partial charge in [-0.15, -0.1) is 0 Å². The molecule has 0 aliphatic heterocycles. The van der Waals surface area contributed by atoms with E-state index in [0.717, 1.165) is 54.5 Å². The first-order valence-corrected chi connectivity index (χ1v) is 11.7. The van der Waals surface area contributed by atoms with Gasteiger partial charge in [0, 0.05) is 30.8 Å². The van der Waals surface area contributed by atoms with Crippen LogP contribution < -0.4 is 10.2 Å². The molecule has 3 rings (SSSR count). The van der Waals surface area contributed by atoms with Crippen LogP contribution in [0.1, 0.15) is 85.0 Å². The largest absolute Gasteiger partial charge is 0.352 e. The highest BCUT2D eigenvalue weighted by atomic mass is 16.2. The predicted octanol–water partition coefficient (Wildman–Crippen LogP) is 5.72. The minimum Gasteiger partial charge on any atom is -0.352 e. The molecule has 2 amide bonds. The molecule has 1 aliphatic rings. The Kier molecular flexibility index (Phi) is 7.89. The maximum absolute atomic E-state index is 12.6. The highest BCUT2D eigenvalue weighted by molar-refractivity contribution is 5.95. The van der Waals surface area contributed by atoms with Gasteiger partial charge in [0.25, 0.3) is 5.91 Å². The Hall–Kier alpha value is -2.62. The molecule has 0 saturated heterocycles. The summed E-state index contributed by atoms with van der Waals surface area (Å²) >= 11 is 0. The summed E-state index contributed by atoms with van der Waals surface area (Å²) in [7, 11) is 0. The van der Waals surface area contributed by atoms with Crippen molar-refractivity contribution < 1.29 is 9.59 Å².